The Balaban J connectivity index is 0.00000176. The van der Waals surface area contributed by atoms with Crippen molar-refractivity contribution in [3.63, 3.8) is 0 Å². The third-order valence-electron chi connectivity index (χ3n) is 4.01. The van der Waals surface area contributed by atoms with Crippen molar-refractivity contribution < 1.29 is 0 Å². The van der Waals surface area contributed by atoms with Gasteiger partial charge in [0, 0.05) is 44.6 Å². The third kappa shape index (κ3) is 3.97. The van der Waals surface area contributed by atoms with Crippen LogP contribution in [0.2, 0.25) is 0 Å². The molecule has 0 unspecified atom stereocenters. The molecule has 0 radical (unpaired) electrons. The number of rotatable bonds is 4. The minimum atomic E-state index is 0. The minimum absolute atomic E-state index is 0. The number of para-hydroxylation sites is 1. The zero-order valence-corrected chi connectivity index (χ0v) is 13.7. The number of nitrogens with zero attached hydrogens (tertiary/aromatic N) is 3. The van der Waals surface area contributed by atoms with Crippen LogP contribution in [0.4, 0.5) is 11.5 Å². The Hall–Kier alpha value is -1.62. The SMILES string of the molecule is CN(c1ccccc1)c1ccc(CN2CC[C@H](N)C2)cn1.Cl. The number of halogens is 1. The van der Waals surface area contributed by atoms with Gasteiger partial charge in [0.25, 0.3) is 0 Å². The van der Waals surface area contributed by atoms with E-state index in [0.29, 0.717) is 6.04 Å². The molecule has 0 amide bonds. The van der Waals surface area contributed by atoms with Crippen molar-refractivity contribution >= 4 is 23.9 Å². The lowest BCUT2D eigenvalue weighted by Gasteiger charge is -2.19. The highest BCUT2D eigenvalue weighted by Gasteiger charge is 2.18. The fourth-order valence-electron chi connectivity index (χ4n) is 2.76. The summed E-state index contributed by atoms with van der Waals surface area (Å²) in [5.41, 5.74) is 8.33. The van der Waals surface area contributed by atoms with Crippen molar-refractivity contribution in [3.05, 3.63) is 54.2 Å². The second kappa shape index (κ2) is 7.58. The first-order valence-electron chi connectivity index (χ1n) is 7.44. The highest BCUT2D eigenvalue weighted by atomic mass is 35.5. The summed E-state index contributed by atoms with van der Waals surface area (Å²) >= 11 is 0. The monoisotopic (exact) mass is 318 g/mol. The van der Waals surface area contributed by atoms with Crippen molar-refractivity contribution in [2.75, 3.05) is 25.0 Å². The first-order chi connectivity index (χ1) is 10.2. The molecule has 1 saturated heterocycles. The Morgan fingerprint density at radius 1 is 1.23 bits per heavy atom. The van der Waals surface area contributed by atoms with Crippen molar-refractivity contribution in [2.24, 2.45) is 5.73 Å². The number of aromatic nitrogens is 1. The molecule has 1 aliphatic rings. The summed E-state index contributed by atoms with van der Waals surface area (Å²) in [6.07, 6.45) is 3.07. The van der Waals surface area contributed by atoms with Crippen LogP contribution in [0.25, 0.3) is 0 Å². The molecule has 1 aliphatic heterocycles. The first kappa shape index (κ1) is 16.7. The number of hydrogen-bond donors (Lipinski definition) is 1. The van der Waals surface area contributed by atoms with Crippen molar-refractivity contribution in [3.8, 4) is 0 Å². The average molecular weight is 319 g/mol. The largest absolute Gasteiger partial charge is 0.329 e. The zero-order chi connectivity index (χ0) is 14.7. The Morgan fingerprint density at radius 3 is 2.59 bits per heavy atom. The van der Waals surface area contributed by atoms with Gasteiger partial charge in [-0.05, 0) is 30.2 Å². The molecule has 1 fully saturated rings. The average Bonchev–Trinajstić information content (AvgIpc) is 2.93. The predicted octanol–water partition coefficient (Wildman–Crippen LogP) is 2.80. The van der Waals surface area contributed by atoms with Crippen LogP contribution in [-0.4, -0.2) is 36.1 Å². The number of benzene rings is 1. The van der Waals surface area contributed by atoms with Crippen molar-refractivity contribution in [1.29, 1.82) is 0 Å². The summed E-state index contributed by atoms with van der Waals surface area (Å²) < 4.78 is 0. The number of hydrogen-bond acceptors (Lipinski definition) is 4. The summed E-state index contributed by atoms with van der Waals surface area (Å²) in [4.78, 5) is 9.07. The molecule has 5 heteroatoms. The van der Waals surface area contributed by atoms with Crippen LogP contribution >= 0.6 is 12.4 Å². The third-order valence-corrected chi connectivity index (χ3v) is 4.01. The van der Waals surface area contributed by atoms with Gasteiger partial charge in [-0.3, -0.25) is 4.90 Å². The maximum absolute atomic E-state index is 5.94. The second-order valence-electron chi connectivity index (χ2n) is 5.70. The van der Waals surface area contributed by atoms with Gasteiger partial charge in [-0.2, -0.15) is 0 Å². The van der Waals surface area contributed by atoms with E-state index in [9.17, 15) is 0 Å². The summed E-state index contributed by atoms with van der Waals surface area (Å²) in [6.45, 7) is 3.02. The van der Waals surface area contributed by atoms with E-state index in [-0.39, 0.29) is 12.4 Å². The van der Waals surface area contributed by atoms with Gasteiger partial charge in [0.1, 0.15) is 5.82 Å². The Labute approximate surface area is 138 Å². The Bertz CT molecular complexity index is 573. The molecular formula is C17H23ClN4. The standard InChI is InChI=1S/C17H22N4.ClH/c1-20(16-5-3-2-4-6-16)17-8-7-14(11-19-17)12-21-10-9-15(18)13-21;/h2-8,11,15H,9-10,12-13,18H2,1H3;1H/t15-;/m0./s1. The van der Waals surface area contributed by atoms with E-state index >= 15 is 0 Å². The van der Waals surface area contributed by atoms with Gasteiger partial charge >= 0.3 is 0 Å². The van der Waals surface area contributed by atoms with Crippen LogP contribution in [0, 0.1) is 0 Å². The highest BCUT2D eigenvalue weighted by Crippen LogP contribution is 2.21. The van der Waals surface area contributed by atoms with E-state index in [1.54, 1.807) is 0 Å². The molecule has 0 saturated carbocycles. The zero-order valence-electron chi connectivity index (χ0n) is 12.9. The molecule has 2 heterocycles. The first-order valence-corrected chi connectivity index (χ1v) is 7.44. The molecular weight excluding hydrogens is 296 g/mol. The van der Waals surface area contributed by atoms with Gasteiger partial charge in [0.15, 0.2) is 0 Å². The molecule has 4 nitrogen and oxygen atoms in total. The molecule has 2 N–H and O–H groups in total. The van der Waals surface area contributed by atoms with Gasteiger partial charge in [-0.25, -0.2) is 4.98 Å². The quantitative estimate of drug-likeness (QED) is 0.941. The molecule has 2 aromatic rings. The lowest BCUT2D eigenvalue weighted by atomic mass is 10.2. The maximum Gasteiger partial charge on any atom is 0.132 e. The summed E-state index contributed by atoms with van der Waals surface area (Å²) in [6, 6.07) is 14.8. The van der Waals surface area contributed by atoms with E-state index < -0.39 is 0 Å². The Morgan fingerprint density at radius 2 is 2.00 bits per heavy atom. The molecule has 22 heavy (non-hydrogen) atoms. The molecule has 1 atom stereocenters. The van der Waals surface area contributed by atoms with Gasteiger partial charge in [-0.1, -0.05) is 24.3 Å². The highest BCUT2D eigenvalue weighted by molar-refractivity contribution is 5.85. The van der Waals surface area contributed by atoms with Crippen molar-refractivity contribution in [1.82, 2.24) is 9.88 Å². The van der Waals surface area contributed by atoms with E-state index in [4.69, 9.17) is 5.73 Å². The number of likely N-dealkylation sites (tertiary alicyclic amines) is 1. The molecule has 118 valence electrons. The fraction of sp³-hybridized carbons (Fsp3) is 0.353. The number of nitrogens with two attached hydrogens (primary N) is 1. The van der Waals surface area contributed by atoms with Gasteiger partial charge in [-0.15, -0.1) is 12.4 Å². The summed E-state index contributed by atoms with van der Waals surface area (Å²) in [5.74, 6) is 0.961. The molecule has 3 rings (SSSR count). The van der Waals surface area contributed by atoms with E-state index in [1.165, 1.54) is 5.56 Å². The summed E-state index contributed by atoms with van der Waals surface area (Å²) in [7, 11) is 2.04. The smallest absolute Gasteiger partial charge is 0.132 e. The van der Waals surface area contributed by atoms with Crippen LogP contribution in [-0.2, 0) is 6.54 Å². The van der Waals surface area contributed by atoms with Crippen LogP contribution in [0.15, 0.2) is 48.7 Å². The van der Waals surface area contributed by atoms with Gasteiger partial charge < -0.3 is 10.6 Å². The molecule has 0 spiro atoms. The van der Waals surface area contributed by atoms with Crippen LogP contribution in [0.5, 0.6) is 0 Å². The van der Waals surface area contributed by atoms with E-state index in [0.717, 1.165) is 37.6 Å². The minimum Gasteiger partial charge on any atom is -0.329 e. The Kier molecular flexibility index (Phi) is 5.77. The lowest BCUT2D eigenvalue weighted by Crippen LogP contribution is -2.26. The predicted molar refractivity (Wildman–Crippen MR) is 93.9 cm³/mol. The van der Waals surface area contributed by atoms with Crippen LogP contribution in [0.3, 0.4) is 0 Å². The summed E-state index contributed by atoms with van der Waals surface area (Å²) in [5, 5.41) is 0. The van der Waals surface area contributed by atoms with Crippen LogP contribution in [0.1, 0.15) is 12.0 Å². The molecule has 1 aromatic heterocycles. The molecule has 0 bridgehead atoms. The normalized spacial score (nSPS) is 18.0. The topological polar surface area (TPSA) is 45.4 Å². The molecule has 0 aliphatic carbocycles. The number of pyridine rings is 1. The lowest BCUT2D eigenvalue weighted by molar-refractivity contribution is 0.326. The van der Waals surface area contributed by atoms with Gasteiger partial charge in [0.2, 0.25) is 0 Å². The molecule has 1 aromatic carbocycles. The maximum atomic E-state index is 5.94. The van der Waals surface area contributed by atoms with Crippen molar-refractivity contribution in [2.45, 2.75) is 19.0 Å². The van der Waals surface area contributed by atoms with Crippen LogP contribution < -0.4 is 10.6 Å². The van der Waals surface area contributed by atoms with E-state index in [1.807, 2.05) is 31.4 Å². The fourth-order valence-corrected chi connectivity index (χ4v) is 2.76. The second-order valence-corrected chi connectivity index (χ2v) is 5.70. The number of anilines is 2. The van der Waals surface area contributed by atoms with E-state index in [2.05, 4.69) is 39.0 Å². The van der Waals surface area contributed by atoms with Gasteiger partial charge in [0.05, 0.1) is 0 Å².